The molecule has 0 aromatic heterocycles. The summed E-state index contributed by atoms with van der Waals surface area (Å²) in [5, 5.41) is 0. The fraction of sp³-hybridized carbons (Fsp3) is 0.588. The monoisotopic (exact) mass is 375 g/mol. The largest absolute Gasteiger partial charge is 0.466 e. The van der Waals surface area contributed by atoms with Crippen LogP contribution >= 0.6 is 0 Å². The van der Waals surface area contributed by atoms with Crippen molar-refractivity contribution in [2.24, 2.45) is 5.41 Å². The van der Waals surface area contributed by atoms with Gasteiger partial charge in [-0.3, -0.25) is 4.79 Å². The van der Waals surface area contributed by atoms with Gasteiger partial charge in [0.25, 0.3) is 0 Å². The van der Waals surface area contributed by atoms with Crippen LogP contribution in [0.1, 0.15) is 32.3 Å². The molecule has 1 fully saturated rings. The third kappa shape index (κ3) is 4.36. The molecule has 0 amide bonds. The first-order valence-electron chi connectivity index (χ1n) is 8.33. The number of rotatable bonds is 6. The molecule has 1 aliphatic rings. The molecule has 0 saturated carbocycles. The number of carbonyl (C=O) groups excluding carboxylic acids is 1. The molecule has 0 radical (unpaired) electrons. The van der Waals surface area contributed by atoms with Gasteiger partial charge < -0.3 is 4.74 Å². The number of carbonyl (C=O) groups is 1. The smallest absolute Gasteiger partial charge is 0.313 e. The first kappa shape index (κ1) is 19.8. The van der Waals surface area contributed by atoms with Crippen molar-refractivity contribution in [3.8, 4) is 0 Å². The van der Waals surface area contributed by atoms with Crippen LogP contribution in [-0.2, 0) is 26.0 Å². The van der Waals surface area contributed by atoms with Gasteiger partial charge in [0.1, 0.15) is 11.6 Å². The standard InChI is InChI=1S/C17H23F2NO4S/c1-3-24-16(21)17(11-13-6-7-14(18)10-15(13)19)8-5-9-20(12-17)25(22,23)4-2/h6-7,10H,3-5,8-9,11-12H2,1-2H3/t17-/m0/s1. The van der Waals surface area contributed by atoms with Crippen LogP contribution in [0.4, 0.5) is 8.78 Å². The van der Waals surface area contributed by atoms with E-state index >= 15 is 0 Å². The number of hydrogen-bond acceptors (Lipinski definition) is 4. The highest BCUT2D eigenvalue weighted by Crippen LogP contribution is 2.37. The Hall–Kier alpha value is -1.54. The SMILES string of the molecule is CCOC(=O)[C@]1(Cc2ccc(F)cc2F)CCCN(S(=O)(=O)CC)C1. The van der Waals surface area contributed by atoms with Crippen LogP contribution in [0.3, 0.4) is 0 Å². The molecular formula is C17H23F2NO4S. The Balaban J connectivity index is 2.39. The highest BCUT2D eigenvalue weighted by Gasteiger charge is 2.46. The van der Waals surface area contributed by atoms with E-state index in [4.69, 9.17) is 4.74 Å². The topological polar surface area (TPSA) is 63.7 Å². The van der Waals surface area contributed by atoms with E-state index in [1.807, 2.05) is 0 Å². The Morgan fingerprint density at radius 2 is 2.04 bits per heavy atom. The minimum Gasteiger partial charge on any atom is -0.466 e. The van der Waals surface area contributed by atoms with Crippen LogP contribution in [0.15, 0.2) is 18.2 Å². The van der Waals surface area contributed by atoms with Crippen LogP contribution in [0, 0.1) is 17.0 Å². The lowest BCUT2D eigenvalue weighted by Crippen LogP contribution is -2.52. The molecule has 1 saturated heterocycles. The van der Waals surface area contributed by atoms with E-state index in [2.05, 4.69) is 0 Å². The van der Waals surface area contributed by atoms with Crippen LogP contribution in [0.5, 0.6) is 0 Å². The normalized spacial score (nSPS) is 21.9. The summed E-state index contributed by atoms with van der Waals surface area (Å²) in [6, 6.07) is 3.18. The third-order valence-electron chi connectivity index (χ3n) is 4.55. The second-order valence-electron chi connectivity index (χ2n) is 6.25. The Kier molecular flexibility index (Phi) is 6.16. The Labute approximate surface area is 147 Å². The number of benzene rings is 1. The number of hydrogen-bond donors (Lipinski definition) is 0. The fourth-order valence-corrected chi connectivity index (χ4v) is 4.42. The number of piperidine rings is 1. The molecule has 1 atom stereocenters. The van der Waals surface area contributed by atoms with Gasteiger partial charge >= 0.3 is 5.97 Å². The first-order chi connectivity index (χ1) is 11.7. The summed E-state index contributed by atoms with van der Waals surface area (Å²) in [4.78, 5) is 12.6. The summed E-state index contributed by atoms with van der Waals surface area (Å²) in [5.74, 6) is -2.07. The van der Waals surface area contributed by atoms with Crippen molar-refractivity contribution in [2.45, 2.75) is 33.1 Å². The van der Waals surface area contributed by atoms with E-state index in [-0.39, 0.29) is 30.9 Å². The van der Waals surface area contributed by atoms with Gasteiger partial charge in [0, 0.05) is 19.2 Å². The van der Waals surface area contributed by atoms with Crippen LogP contribution in [0.25, 0.3) is 0 Å². The predicted molar refractivity (Wildman–Crippen MR) is 89.4 cm³/mol. The summed E-state index contributed by atoms with van der Waals surface area (Å²) in [6.07, 6.45) is 0.826. The number of halogens is 2. The van der Waals surface area contributed by atoms with Crippen molar-refractivity contribution < 1.29 is 26.7 Å². The van der Waals surface area contributed by atoms with Crippen molar-refractivity contribution >= 4 is 16.0 Å². The van der Waals surface area contributed by atoms with Gasteiger partial charge in [-0.15, -0.1) is 0 Å². The molecule has 0 bridgehead atoms. The highest BCUT2D eigenvalue weighted by molar-refractivity contribution is 7.89. The Morgan fingerprint density at radius 3 is 2.64 bits per heavy atom. The van der Waals surface area contributed by atoms with E-state index in [9.17, 15) is 22.0 Å². The van der Waals surface area contributed by atoms with Gasteiger partial charge in [-0.25, -0.2) is 21.5 Å². The Morgan fingerprint density at radius 1 is 1.32 bits per heavy atom. The molecule has 25 heavy (non-hydrogen) atoms. The molecule has 8 heteroatoms. The number of sulfonamides is 1. The predicted octanol–water partition coefficient (Wildman–Crippen LogP) is 2.50. The summed E-state index contributed by atoms with van der Waals surface area (Å²) < 4.78 is 58.1. The van der Waals surface area contributed by atoms with E-state index in [0.717, 1.165) is 12.1 Å². The van der Waals surface area contributed by atoms with Crippen LogP contribution in [0.2, 0.25) is 0 Å². The van der Waals surface area contributed by atoms with E-state index in [1.54, 1.807) is 6.92 Å². The molecule has 1 aromatic rings. The molecule has 1 aliphatic heterocycles. The maximum Gasteiger partial charge on any atom is 0.313 e. The second-order valence-corrected chi connectivity index (χ2v) is 8.51. The highest BCUT2D eigenvalue weighted by atomic mass is 32.2. The third-order valence-corrected chi connectivity index (χ3v) is 6.38. The minimum absolute atomic E-state index is 0.0340. The maximum absolute atomic E-state index is 14.1. The molecule has 0 unspecified atom stereocenters. The maximum atomic E-state index is 14.1. The molecule has 0 spiro atoms. The van der Waals surface area contributed by atoms with Crippen LogP contribution in [-0.4, -0.2) is 44.1 Å². The van der Waals surface area contributed by atoms with E-state index in [1.165, 1.54) is 17.3 Å². The van der Waals surface area contributed by atoms with Gasteiger partial charge in [-0.2, -0.15) is 0 Å². The second kappa shape index (κ2) is 7.78. The quantitative estimate of drug-likeness (QED) is 0.717. The molecule has 0 N–H and O–H groups in total. The average molecular weight is 375 g/mol. The van der Waals surface area contributed by atoms with Crippen molar-refractivity contribution in [3.63, 3.8) is 0 Å². The lowest BCUT2D eigenvalue weighted by molar-refractivity contribution is -0.157. The molecular weight excluding hydrogens is 352 g/mol. The molecule has 1 heterocycles. The van der Waals surface area contributed by atoms with E-state index < -0.39 is 33.0 Å². The minimum atomic E-state index is -3.48. The van der Waals surface area contributed by atoms with Crippen molar-refractivity contribution in [3.05, 3.63) is 35.4 Å². The molecule has 0 aliphatic carbocycles. The number of esters is 1. The average Bonchev–Trinajstić information content (AvgIpc) is 2.58. The lowest BCUT2D eigenvalue weighted by atomic mass is 9.75. The summed E-state index contributed by atoms with van der Waals surface area (Å²) in [7, 11) is -3.48. The molecule has 5 nitrogen and oxygen atoms in total. The molecule has 1 aromatic carbocycles. The summed E-state index contributed by atoms with van der Waals surface area (Å²) in [6.45, 7) is 3.61. The zero-order chi connectivity index (χ0) is 18.7. The molecule has 2 rings (SSSR count). The summed E-state index contributed by atoms with van der Waals surface area (Å²) >= 11 is 0. The summed E-state index contributed by atoms with van der Waals surface area (Å²) in [5.41, 5.74) is -1.000. The number of ether oxygens (including phenoxy) is 1. The number of nitrogens with zero attached hydrogens (tertiary/aromatic N) is 1. The van der Waals surface area contributed by atoms with Gasteiger partial charge in [0.05, 0.1) is 17.8 Å². The Bertz CT molecular complexity index is 738. The van der Waals surface area contributed by atoms with Crippen LogP contribution < -0.4 is 0 Å². The van der Waals surface area contributed by atoms with Crippen molar-refractivity contribution in [1.29, 1.82) is 0 Å². The fourth-order valence-electron chi connectivity index (χ4n) is 3.21. The van der Waals surface area contributed by atoms with Crippen molar-refractivity contribution in [1.82, 2.24) is 4.31 Å². The van der Waals surface area contributed by atoms with Crippen molar-refractivity contribution in [2.75, 3.05) is 25.4 Å². The van der Waals surface area contributed by atoms with Gasteiger partial charge in [-0.05, 0) is 44.7 Å². The van der Waals surface area contributed by atoms with Gasteiger partial charge in [0.2, 0.25) is 10.0 Å². The zero-order valence-electron chi connectivity index (χ0n) is 14.4. The van der Waals surface area contributed by atoms with E-state index in [0.29, 0.717) is 19.4 Å². The van der Waals surface area contributed by atoms with Gasteiger partial charge in [0.15, 0.2) is 0 Å². The first-order valence-corrected chi connectivity index (χ1v) is 9.94. The molecule has 140 valence electrons. The van der Waals surface area contributed by atoms with Gasteiger partial charge in [-0.1, -0.05) is 6.07 Å². The lowest BCUT2D eigenvalue weighted by Gasteiger charge is -2.40. The zero-order valence-corrected chi connectivity index (χ0v) is 15.2.